The van der Waals surface area contributed by atoms with Gasteiger partial charge >= 0.3 is 11.7 Å². The van der Waals surface area contributed by atoms with Gasteiger partial charge in [-0.1, -0.05) is 23.7 Å². The Hall–Kier alpha value is -1.79. The standard InChI is InChI=1S/C13H11ClN2O3S/c1-7-10(12(17)18)11(16-13(19)15-7)20-6-8-3-2-4-9(14)5-8/h2-5H,6H2,1H3,(H,17,18)(H,15,16,19). The molecule has 0 spiro atoms. The van der Waals surface area contributed by atoms with Crippen molar-refractivity contribution in [1.82, 2.24) is 9.97 Å². The third-order valence-electron chi connectivity index (χ3n) is 2.56. The van der Waals surface area contributed by atoms with Gasteiger partial charge in [-0.2, -0.15) is 4.98 Å². The lowest BCUT2D eigenvalue weighted by atomic mass is 10.2. The second-order valence-corrected chi connectivity index (χ2v) is 5.47. The molecule has 2 aromatic rings. The Balaban J connectivity index is 2.29. The van der Waals surface area contributed by atoms with Gasteiger partial charge in [-0.05, 0) is 24.6 Å². The van der Waals surface area contributed by atoms with Gasteiger partial charge in [0.1, 0.15) is 10.6 Å². The lowest BCUT2D eigenvalue weighted by Gasteiger charge is -2.07. The minimum atomic E-state index is -1.11. The van der Waals surface area contributed by atoms with Crippen LogP contribution in [0.2, 0.25) is 5.02 Å². The molecule has 0 fully saturated rings. The zero-order valence-corrected chi connectivity index (χ0v) is 12.1. The average molecular weight is 311 g/mol. The number of carboxylic acids is 1. The number of carboxylic acid groups (broad SMARTS) is 1. The number of hydrogen-bond acceptors (Lipinski definition) is 4. The molecule has 0 amide bonds. The summed E-state index contributed by atoms with van der Waals surface area (Å²) in [7, 11) is 0. The Kier molecular flexibility index (Phi) is 4.46. The maximum absolute atomic E-state index is 11.4. The predicted octanol–water partition coefficient (Wildman–Crippen LogP) is 2.72. The average Bonchev–Trinajstić information content (AvgIpc) is 2.35. The first-order valence-corrected chi connectivity index (χ1v) is 7.05. The highest BCUT2D eigenvalue weighted by Crippen LogP contribution is 2.25. The van der Waals surface area contributed by atoms with Gasteiger partial charge in [-0.15, -0.1) is 11.8 Å². The number of aromatic nitrogens is 2. The van der Waals surface area contributed by atoms with Crippen LogP contribution in [0.4, 0.5) is 0 Å². The lowest BCUT2D eigenvalue weighted by molar-refractivity contribution is 0.0690. The molecule has 20 heavy (non-hydrogen) atoms. The van der Waals surface area contributed by atoms with Gasteiger partial charge in [0.15, 0.2) is 0 Å². The van der Waals surface area contributed by atoms with Crippen LogP contribution in [0.3, 0.4) is 0 Å². The summed E-state index contributed by atoms with van der Waals surface area (Å²) in [4.78, 5) is 28.7. The van der Waals surface area contributed by atoms with E-state index in [-0.39, 0.29) is 10.6 Å². The Labute approximate surface area is 124 Å². The highest BCUT2D eigenvalue weighted by molar-refractivity contribution is 7.98. The fourth-order valence-electron chi connectivity index (χ4n) is 1.69. The molecule has 1 aromatic carbocycles. The van der Waals surface area contributed by atoms with Crippen molar-refractivity contribution in [2.75, 3.05) is 0 Å². The number of carbonyl (C=O) groups is 1. The van der Waals surface area contributed by atoms with E-state index in [2.05, 4.69) is 9.97 Å². The van der Waals surface area contributed by atoms with Crippen LogP contribution < -0.4 is 5.69 Å². The molecule has 0 unspecified atom stereocenters. The van der Waals surface area contributed by atoms with Crippen LogP contribution in [0.1, 0.15) is 21.6 Å². The fourth-order valence-corrected chi connectivity index (χ4v) is 2.92. The quantitative estimate of drug-likeness (QED) is 0.670. The number of nitrogens with one attached hydrogen (secondary N) is 1. The second kappa shape index (κ2) is 6.11. The highest BCUT2D eigenvalue weighted by Gasteiger charge is 2.16. The third kappa shape index (κ3) is 3.40. The summed E-state index contributed by atoms with van der Waals surface area (Å²) in [5.74, 6) is -0.628. The van der Waals surface area contributed by atoms with Crippen LogP contribution >= 0.6 is 23.4 Å². The van der Waals surface area contributed by atoms with Crippen LogP contribution in [-0.2, 0) is 5.75 Å². The van der Waals surface area contributed by atoms with Crippen LogP contribution in [0.15, 0.2) is 34.1 Å². The molecule has 0 bridgehead atoms. The molecule has 2 rings (SSSR count). The molecule has 1 heterocycles. The van der Waals surface area contributed by atoms with Crippen molar-refractivity contribution in [3.05, 3.63) is 56.6 Å². The van der Waals surface area contributed by atoms with Gasteiger partial charge in [0.25, 0.3) is 0 Å². The number of halogens is 1. The molecule has 0 saturated heterocycles. The van der Waals surface area contributed by atoms with E-state index in [1.54, 1.807) is 12.1 Å². The van der Waals surface area contributed by atoms with Crippen LogP contribution in [-0.4, -0.2) is 21.0 Å². The molecule has 5 nitrogen and oxygen atoms in total. The van der Waals surface area contributed by atoms with Gasteiger partial charge in [-0.3, -0.25) is 0 Å². The summed E-state index contributed by atoms with van der Waals surface area (Å²) in [6.45, 7) is 1.54. The molecule has 104 valence electrons. The van der Waals surface area contributed by atoms with E-state index in [9.17, 15) is 14.7 Å². The first-order chi connectivity index (χ1) is 9.47. The zero-order valence-electron chi connectivity index (χ0n) is 10.5. The second-order valence-electron chi connectivity index (χ2n) is 4.07. The number of aromatic carboxylic acids is 1. The molecule has 0 aliphatic carbocycles. The summed E-state index contributed by atoms with van der Waals surface area (Å²) in [5, 5.41) is 10.00. The van der Waals surface area contributed by atoms with E-state index in [1.807, 2.05) is 12.1 Å². The summed E-state index contributed by atoms with van der Waals surface area (Å²) < 4.78 is 0. The van der Waals surface area contributed by atoms with Crippen LogP contribution in [0, 0.1) is 6.92 Å². The molecule has 1 aromatic heterocycles. The predicted molar refractivity (Wildman–Crippen MR) is 77.6 cm³/mol. The maximum atomic E-state index is 11.4. The van der Waals surface area contributed by atoms with Crippen LogP contribution in [0.25, 0.3) is 0 Å². The van der Waals surface area contributed by atoms with Gasteiger partial charge in [0.2, 0.25) is 0 Å². The van der Waals surface area contributed by atoms with Crippen molar-refractivity contribution in [3.8, 4) is 0 Å². The van der Waals surface area contributed by atoms with E-state index in [4.69, 9.17) is 11.6 Å². The Morgan fingerprint density at radius 3 is 2.90 bits per heavy atom. The molecular weight excluding hydrogens is 300 g/mol. The molecular formula is C13H11ClN2O3S. The molecule has 0 aliphatic heterocycles. The van der Waals surface area contributed by atoms with Crippen molar-refractivity contribution >= 4 is 29.3 Å². The summed E-state index contributed by atoms with van der Waals surface area (Å²) in [6, 6.07) is 7.23. The minimum Gasteiger partial charge on any atom is -0.478 e. The van der Waals surface area contributed by atoms with Crippen molar-refractivity contribution in [3.63, 3.8) is 0 Å². The number of aryl methyl sites for hydroxylation is 1. The number of aromatic amines is 1. The normalized spacial score (nSPS) is 10.5. The number of hydrogen-bond donors (Lipinski definition) is 2. The lowest BCUT2D eigenvalue weighted by Crippen LogP contribution is -2.18. The largest absolute Gasteiger partial charge is 0.478 e. The monoisotopic (exact) mass is 310 g/mol. The number of H-pyrrole nitrogens is 1. The van der Waals surface area contributed by atoms with Gasteiger partial charge in [-0.25, -0.2) is 9.59 Å². The molecule has 0 radical (unpaired) electrons. The SMILES string of the molecule is Cc1[nH]c(=O)nc(SCc2cccc(Cl)c2)c1C(=O)O. The fraction of sp³-hybridized carbons (Fsp3) is 0.154. The first-order valence-electron chi connectivity index (χ1n) is 5.69. The minimum absolute atomic E-state index is 0.0247. The Morgan fingerprint density at radius 2 is 2.25 bits per heavy atom. The highest BCUT2D eigenvalue weighted by atomic mass is 35.5. The number of thioether (sulfide) groups is 1. The first kappa shape index (κ1) is 14.6. The van der Waals surface area contributed by atoms with Crippen LogP contribution in [0.5, 0.6) is 0 Å². The summed E-state index contributed by atoms with van der Waals surface area (Å²) in [5.41, 5.74) is 0.697. The van der Waals surface area contributed by atoms with Crippen molar-refractivity contribution in [2.24, 2.45) is 0 Å². The van der Waals surface area contributed by atoms with Gasteiger partial charge < -0.3 is 10.1 Å². The number of nitrogens with zero attached hydrogens (tertiary/aromatic N) is 1. The number of rotatable bonds is 4. The van der Waals surface area contributed by atoms with E-state index >= 15 is 0 Å². The molecule has 0 atom stereocenters. The van der Waals surface area contributed by atoms with E-state index in [0.29, 0.717) is 16.5 Å². The molecule has 0 aliphatic rings. The Morgan fingerprint density at radius 1 is 1.50 bits per heavy atom. The number of benzene rings is 1. The van der Waals surface area contributed by atoms with Crippen molar-refractivity contribution in [1.29, 1.82) is 0 Å². The van der Waals surface area contributed by atoms with Crippen molar-refractivity contribution in [2.45, 2.75) is 17.7 Å². The van der Waals surface area contributed by atoms with Gasteiger partial charge in [0.05, 0.1) is 0 Å². The maximum Gasteiger partial charge on any atom is 0.346 e. The van der Waals surface area contributed by atoms with Crippen molar-refractivity contribution < 1.29 is 9.90 Å². The Bertz CT molecular complexity index is 715. The van der Waals surface area contributed by atoms with E-state index < -0.39 is 11.7 Å². The topological polar surface area (TPSA) is 83.0 Å². The van der Waals surface area contributed by atoms with E-state index in [1.165, 1.54) is 18.7 Å². The molecule has 7 heteroatoms. The van der Waals surface area contributed by atoms with E-state index in [0.717, 1.165) is 5.56 Å². The van der Waals surface area contributed by atoms with Gasteiger partial charge in [0, 0.05) is 16.5 Å². The molecule has 0 saturated carbocycles. The third-order valence-corrected chi connectivity index (χ3v) is 3.85. The zero-order chi connectivity index (χ0) is 14.7. The smallest absolute Gasteiger partial charge is 0.346 e. The summed E-state index contributed by atoms with van der Waals surface area (Å²) >= 11 is 7.08. The summed E-state index contributed by atoms with van der Waals surface area (Å²) in [6.07, 6.45) is 0. The molecule has 2 N–H and O–H groups in total.